The van der Waals surface area contributed by atoms with Crippen LogP contribution < -0.4 is 15.5 Å². The summed E-state index contributed by atoms with van der Waals surface area (Å²) in [6.07, 6.45) is 4.88. The summed E-state index contributed by atoms with van der Waals surface area (Å²) in [5, 5.41) is 6.14. The molecule has 3 N–H and O–H groups in total. The van der Waals surface area contributed by atoms with Crippen molar-refractivity contribution in [2.45, 2.75) is 38.6 Å². The Hall–Kier alpha value is -1.30. The third kappa shape index (κ3) is 6.49. The number of hydrogen-bond donors (Lipinski definition) is 3. The fraction of sp³-hybridized carbons (Fsp3) is 0.556. The van der Waals surface area contributed by atoms with E-state index in [1.807, 2.05) is 0 Å². The van der Waals surface area contributed by atoms with Crippen molar-refractivity contribution in [3.63, 3.8) is 0 Å². The highest BCUT2D eigenvalue weighted by Gasteiger charge is 2.20. The van der Waals surface area contributed by atoms with E-state index in [9.17, 15) is 9.59 Å². The first-order valence-electron chi connectivity index (χ1n) is 8.82. The Bertz CT molecular complexity index is 610. The van der Waals surface area contributed by atoms with Gasteiger partial charge in [0.25, 0.3) is 5.91 Å². The molecule has 5 nitrogen and oxygen atoms in total. The van der Waals surface area contributed by atoms with E-state index in [4.69, 9.17) is 23.2 Å². The molecule has 1 fully saturated rings. The van der Waals surface area contributed by atoms with Crippen LogP contribution in [-0.4, -0.2) is 44.0 Å². The molecule has 0 bridgehead atoms. The van der Waals surface area contributed by atoms with Gasteiger partial charge in [-0.15, -0.1) is 0 Å². The standard InChI is InChI=1S/C18H25Cl2N3O2/c1-13-5-2-3-9-23(13)10-4-8-21-17(24)12-22-18(25)14-6-7-15(19)16(20)11-14/h6-7,11,13H,2-5,8-10,12H2,1H3,(H,21,24)(H,22,25)/p+1/t13-/m1/s1. The van der Waals surface area contributed by atoms with Crippen LogP contribution in [0.1, 0.15) is 43.0 Å². The maximum atomic E-state index is 12.0. The third-order valence-electron chi connectivity index (χ3n) is 4.67. The first kappa shape index (κ1) is 20.0. The van der Waals surface area contributed by atoms with Gasteiger partial charge in [-0.3, -0.25) is 9.59 Å². The van der Waals surface area contributed by atoms with Gasteiger partial charge in [0.05, 0.1) is 35.7 Å². The van der Waals surface area contributed by atoms with E-state index in [-0.39, 0.29) is 18.4 Å². The van der Waals surface area contributed by atoms with E-state index < -0.39 is 0 Å². The first-order valence-corrected chi connectivity index (χ1v) is 9.57. The Kier molecular flexibility index (Phi) is 8.00. The number of hydrogen-bond acceptors (Lipinski definition) is 2. The Morgan fingerprint density at radius 3 is 2.72 bits per heavy atom. The summed E-state index contributed by atoms with van der Waals surface area (Å²) in [6.45, 7) is 5.20. The Morgan fingerprint density at radius 1 is 1.20 bits per heavy atom. The number of halogens is 2. The van der Waals surface area contributed by atoms with Crippen LogP contribution in [0.3, 0.4) is 0 Å². The van der Waals surface area contributed by atoms with Gasteiger partial charge >= 0.3 is 0 Å². The molecule has 2 atom stereocenters. The lowest BCUT2D eigenvalue weighted by Crippen LogP contribution is -3.16. The van der Waals surface area contributed by atoms with Gasteiger partial charge in [-0.1, -0.05) is 23.2 Å². The zero-order chi connectivity index (χ0) is 18.2. The molecule has 138 valence electrons. The van der Waals surface area contributed by atoms with Crippen molar-refractivity contribution < 1.29 is 14.5 Å². The monoisotopic (exact) mass is 386 g/mol. The quantitative estimate of drug-likeness (QED) is 0.624. The number of benzene rings is 1. The number of amides is 2. The first-order chi connectivity index (χ1) is 12.0. The van der Waals surface area contributed by atoms with Crippen molar-refractivity contribution in [1.29, 1.82) is 0 Å². The molecule has 0 spiro atoms. The number of carbonyl (C=O) groups excluding carboxylic acids is 2. The van der Waals surface area contributed by atoms with Gasteiger partial charge < -0.3 is 15.5 Å². The molecule has 1 aliphatic heterocycles. The molecule has 7 heteroatoms. The molecule has 1 unspecified atom stereocenters. The van der Waals surface area contributed by atoms with Gasteiger partial charge in [0.2, 0.25) is 5.91 Å². The predicted octanol–water partition coefficient (Wildman–Crippen LogP) is 1.69. The van der Waals surface area contributed by atoms with E-state index in [0.29, 0.717) is 22.2 Å². The second-order valence-electron chi connectivity index (χ2n) is 6.57. The van der Waals surface area contributed by atoms with Crippen molar-refractivity contribution in [3.8, 4) is 0 Å². The average Bonchev–Trinajstić information content (AvgIpc) is 2.60. The van der Waals surface area contributed by atoms with Gasteiger partial charge in [-0.05, 0) is 44.4 Å². The lowest BCUT2D eigenvalue weighted by Gasteiger charge is -2.30. The summed E-state index contributed by atoms with van der Waals surface area (Å²) in [5.74, 6) is -0.532. The van der Waals surface area contributed by atoms with Crippen LogP contribution >= 0.6 is 23.2 Å². The van der Waals surface area contributed by atoms with Gasteiger partial charge in [0.15, 0.2) is 0 Å². The number of likely N-dealkylation sites (tertiary alicyclic amines) is 1. The maximum Gasteiger partial charge on any atom is 0.251 e. The molecular formula is C18H26Cl2N3O2+. The topological polar surface area (TPSA) is 62.6 Å². The summed E-state index contributed by atoms with van der Waals surface area (Å²) in [5.41, 5.74) is 0.380. The summed E-state index contributed by atoms with van der Waals surface area (Å²) < 4.78 is 0. The summed E-state index contributed by atoms with van der Waals surface area (Å²) in [4.78, 5) is 25.5. The van der Waals surface area contributed by atoms with Crippen LogP contribution in [0.2, 0.25) is 10.0 Å². The zero-order valence-electron chi connectivity index (χ0n) is 14.5. The number of carbonyl (C=O) groups is 2. The second-order valence-corrected chi connectivity index (χ2v) is 7.38. The lowest BCUT2D eigenvalue weighted by molar-refractivity contribution is -0.928. The molecule has 1 heterocycles. The van der Waals surface area contributed by atoms with Crippen molar-refractivity contribution in [3.05, 3.63) is 33.8 Å². The zero-order valence-corrected chi connectivity index (χ0v) is 16.1. The van der Waals surface area contributed by atoms with Gasteiger partial charge in [-0.2, -0.15) is 0 Å². The molecule has 0 aliphatic carbocycles. The molecule has 2 rings (SSSR count). The van der Waals surface area contributed by atoms with Gasteiger partial charge in [0, 0.05) is 18.5 Å². The third-order valence-corrected chi connectivity index (χ3v) is 5.41. The largest absolute Gasteiger partial charge is 0.354 e. The molecule has 1 aromatic carbocycles. The van der Waals surface area contributed by atoms with Crippen molar-refractivity contribution in [1.82, 2.24) is 10.6 Å². The molecule has 1 aliphatic rings. The number of nitrogens with one attached hydrogen (secondary N) is 3. The van der Waals surface area contributed by atoms with Crippen LogP contribution in [0, 0.1) is 0 Å². The Balaban J connectivity index is 1.63. The van der Waals surface area contributed by atoms with Crippen molar-refractivity contribution in [2.75, 3.05) is 26.2 Å². The Morgan fingerprint density at radius 2 is 2.00 bits per heavy atom. The molecule has 1 saturated heterocycles. The number of quaternary nitrogens is 1. The molecule has 0 radical (unpaired) electrons. The number of rotatable bonds is 7. The molecule has 25 heavy (non-hydrogen) atoms. The SMILES string of the molecule is C[C@@H]1CCCC[NH+]1CCCNC(=O)CNC(=O)c1ccc(Cl)c(Cl)c1. The summed E-state index contributed by atoms with van der Waals surface area (Å²) >= 11 is 11.7. The van der Waals surface area contributed by atoms with E-state index in [1.54, 1.807) is 17.0 Å². The highest BCUT2D eigenvalue weighted by molar-refractivity contribution is 6.42. The van der Waals surface area contributed by atoms with Crippen LogP contribution in [0.4, 0.5) is 0 Å². The predicted molar refractivity (Wildman–Crippen MR) is 100 cm³/mol. The molecule has 1 aromatic rings. The maximum absolute atomic E-state index is 12.0. The van der Waals surface area contributed by atoms with E-state index in [1.165, 1.54) is 31.9 Å². The normalized spacial score (nSPS) is 20.1. The molecule has 0 aromatic heterocycles. The smallest absolute Gasteiger partial charge is 0.251 e. The minimum Gasteiger partial charge on any atom is -0.354 e. The van der Waals surface area contributed by atoms with Crippen LogP contribution in [-0.2, 0) is 4.79 Å². The highest BCUT2D eigenvalue weighted by atomic mass is 35.5. The minimum absolute atomic E-state index is 0.0496. The fourth-order valence-corrected chi connectivity index (χ4v) is 3.43. The second kappa shape index (κ2) is 10.00. The molecular weight excluding hydrogens is 361 g/mol. The summed E-state index contributed by atoms with van der Waals surface area (Å²) in [7, 11) is 0. The van der Waals surface area contributed by atoms with E-state index >= 15 is 0 Å². The highest BCUT2D eigenvalue weighted by Crippen LogP contribution is 2.22. The van der Waals surface area contributed by atoms with Crippen molar-refractivity contribution >= 4 is 35.0 Å². The van der Waals surface area contributed by atoms with Gasteiger partial charge in [-0.25, -0.2) is 0 Å². The van der Waals surface area contributed by atoms with Crippen LogP contribution in [0.15, 0.2) is 18.2 Å². The fourth-order valence-electron chi connectivity index (χ4n) is 3.13. The Labute approximate surface area is 159 Å². The minimum atomic E-state index is -0.347. The van der Waals surface area contributed by atoms with Crippen molar-refractivity contribution in [2.24, 2.45) is 0 Å². The summed E-state index contributed by atoms with van der Waals surface area (Å²) in [6, 6.07) is 5.34. The average molecular weight is 387 g/mol. The van der Waals surface area contributed by atoms with E-state index in [2.05, 4.69) is 17.6 Å². The van der Waals surface area contributed by atoms with Crippen LogP contribution in [0.25, 0.3) is 0 Å². The molecule has 0 saturated carbocycles. The van der Waals surface area contributed by atoms with E-state index in [0.717, 1.165) is 19.0 Å². The van der Waals surface area contributed by atoms with Gasteiger partial charge in [0.1, 0.15) is 0 Å². The number of piperidine rings is 1. The molecule has 2 amide bonds. The van der Waals surface area contributed by atoms with Crippen LogP contribution in [0.5, 0.6) is 0 Å². The lowest BCUT2D eigenvalue weighted by atomic mass is 10.0.